The quantitative estimate of drug-likeness (QED) is 0.753. The summed E-state index contributed by atoms with van der Waals surface area (Å²) in [6.45, 7) is 2.10. The number of aliphatic hydroxyl groups excluding tert-OH is 1. The molecule has 2 aromatic carbocycles. The molecule has 0 bridgehead atoms. The molecule has 0 radical (unpaired) electrons. The van der Waals surface area contributed by atoms with Crippen molar-refractivity contribution in [3.05, 3.63) is 35.4 Å². The van der Waals surface area contributed by atoms with Crippen molar-refractivity contribution in [3.63, 3.8) is 0 Å². The van der Waals surface area contributed by atoms with Gasteiger partial charge in [0.25, 0.3) is 0 Å². The van der Waals surface area contributed by atoms with Crippen LogP contribution in [0.1, 0.15) is 11.1 Å². The molecule has 0 saturated carbocycles. The van der Waals surface area contributed by atoms with Crippen LogP contribution in [0.15, 0.2) is 24.3 Å². The van der Waals surface area contributed by atoms with Crippen LogP contribution in [0.25, 0.3) is 10.8 Å². The molecule has 2 aromatic rings. The molecule has 1 N–H and O–H groups in total. The average Bonchev–Trinajstić information content (AvgIpc) is 2.30. The van der Waals surface area contributed by atoms with Gasteiger partial charge in [-0.2, -0.15) is 0 Å². The van der Waals surface area contributed by atoms with Crippen LogP contribution in [0.2, 0.25) is 0 Å². The average molecular weight is 214 g/mol. The molecular formula is C13H15BO2. The standard InChI is InChI=1S/C13H15BO2/c1-8-9-5-3-4-6-10(9)13(16-2)12(14)11(8)7-15/h3-6,15H,7,14H2,1-2H3. The summed E-state index contributed by atoms with van der Waals surface area (Å²) in [6.07, 6.45) is 0. The van der Waals surface area contributed by atoms with Crippen LogP contribution in [0.5, 0.6) is 5.75 Å². The van der Waals surface area contributed by atoms with Gasteiger partial charge in [0, 0.05) is 5.39 Å². The van der Waals surface area contributed by atoms with Gasteiger partial charge in [-0.15, -0.1) is 0 Å². The maximum Gasteiger partial charge on any atom is 0.144 e. The Hall–Kier alpha value is -1.48. The molecule has 0 aromatic heterocycles. The van der Waals surface area contributed by atoms with Crippen LogP contribution in [0, 0.1) is 6.92 Å². The Balaban J connectivity index is 2.94. The summed E-state index contributed by atoms with van der Waals surface area (Å²) in [5, 5.41) is 11.7. The highest BCUT2D eigenvalue weighted by Gasteiger charge is 2.13. The van der Waals surface area contributed by atoms with E-state index < -0.39 is 0 Å². The van der Waals surface area contributed by atoms with Crippen LogP contribution in [0.3, 0.4) is 0 Å². The first-order valence-corrected chi connectivity index (χ1v) is 5.36. The van der Waals surface area contributed by atoms with Gasteiger partial charge in [-0.1, -0.05) is 24.3 Å². The lowest BCUT2D eigenvalue weighted by Crippen LogP contribution is -2.16. The van der Waals surface area contributed by atoms with E-state index in [1.807, 2.05) is 26.9 Å². The Morgan fingerprint density at radius 2 is 1.88 bits per heavy atom. The topological polar surface area (TPSA) is 29.5 Å². The highest BCUT2D eigenvalue weighted by molar-refractivity contribution is 6.37. The predicted octanol–water partition coefficient (Wildman–Crippen LogP) is 0.908. The van der Waals surface area contributed by atoms with Crippen LogP contribution in [-0.4, -0.2) is 20.1 Å². The molecule has 0 aliphatic carbocycles. The number of aryl methyl sites for hydroxylation is 1. The fourth-order valence-electron chi connectivity index (χ4n) is 2.29. The fraction of sp³-hybridized carbons (Fsp3) is 0.231. The second-order valence-corrected chi connectivity index (χ2v) is 3.97. The van der Waals surface area contributed by atoms with Crippen molar-refractivity contribution >= 4 is 24.1 Å². The molecule has 3 heteroatoms. The van der Waals surface area contributed by atoms with Crippen molar-refractivity contribution in [2.75, 3.05) is 7.11 Å². The summed E-state index contributed by atoms with van der Waals surface area (Å²) in [4.78, 5) is 0. The summed E-state index contributed by atoms with van der Waals surface area (Å²) >= 11 is 0. The van der Waals surface area contributed by atoms with Crippen molar-refractivity contribution in [1.82, 2.24) is 0 Å². The van der Waals surface area contributed by atoms with Crippen LogP contribution < -0.4 is 10.2 Å². The Morgan fingerprint density at radius 1 is 1.25 bits per heavy atom. The zero-order valence-electron chi connectivity index (χ0n) is 9.87. The van der Waals surface area contributed by atoms with E-state index >= 15 is 0 Å². The van der Waals surface area contributed by atoms with Gasteiger partial charge in [0.2, 0.25) is 0 Å². The zero-order valence-corrected chi connectivity index (χ0v) is 9.87. The number of hydrogen-bond acceptors (Lipinski definition) is 2. The molecule has 0 spiro atoms. The molecule has 16 heavy (non-hydrogen) atoms. The monoisotopic (exact) mass is 214 g/mol. The second kappa shape index (κ2) is 4.18. The Bertz CT molecular complexity index is 535. The van der Waals surface area contributed by atoms with Gasteiger partial charge in [-0.05, 0) is 28.9 Å². The summed E-state index contributed by atoms with van der Waals surface area (Å²) in [7, 11) is 3.66. The highest BCUT2D eigenvalue weighted by atomic mass is 16.5. The van der Waals surface area contributed by atoms with Gasteiger partial charge in [-0.25, -0.2) is 0 Å². The number of fused-ring (bicyclic) bond motifs is 1. The number of ether oxygens (including phenoxy) is 1. The summed E-state index contributed by atoms with van der Waals surface area (Å²) in [6, 6.07) is 8.12. The molecule has 0 saturated heterocycles. The molecule has 2 nitrogen and oxygen atoms in total. The van der Waals surface area contributed by atoms with Crippen molar-refractivity contribution in [3.8, 4) is 5.75 Å². The number of aliphatic hydroxyl groups is 1. The number of rotatable bonds is 2. The first-order chi connectivity index (χ1) is 7.70. The fourth-order valence-corrected chi connectivity index (χ4v) is 2.29. The minimum absolute atomic E-state index is 0.0544. The smallest absolute Gasteiger partial charge is 0.144 e. The normalized spacial score (nSPS) is 10.7. The first-order valence-electron chi connectivity index (χ1n) is 5.36. The molecule has 0 unspecified atom stereocenters. The van der Waals surface area contributed by atoms with E-state index in [9.17, 15) is 5.11 Å². The minimum Gasteiger partial charge on any atom is -0.497 e. The van der Waals surface area contributed by atoms with Gasteiger partial charge in [0.05, 0.1) is 13.7 Å². The van der Waals surface area contributed by atoms with E-state index in [1.165, 1.54) is 0 Å². The Morgan fingerprint density at radius 3 is 2.44 bits per heavy atom. The summed E-state index contributed by atoms with van der Waals surface area (Å²) < 4.78 is 5.44. The lowest BCUT2D eigenvalue weighted by molar-refractivity contribution is 0.282. The van der Waals surface area contributed by atoms with Crippen molar-refractivity contribution in [2.24, 2.45) is 0 Å². The summed E-state index contributed by atoms with van der Waals surface area (Å²) in [5.41, 5.74) is 3.13. The van der Waals surface area contributed by atoms with Gasteiger partial charge < -0.3 is 9.84 Å². The predicted molar refractivity (Wildman–Crippen MR) is 69.3 cm³/mol. The number of hydrogen-bond donors (Lipinski definition) is 1. The molecule has 0 fully saturated rings. The van der Waals surface area contributed by atoms with Crippen LogP contribution in [0.4, 0.5) is 0 Å². The Labute approximate surface area is 96.3 Å². The summed E-state index contributed by atoms with van der Waals surface area (Å²) in [5.74, 6) is 0.866. The third-order valence-corrected chi connectivity index (χ3v) is 3.18. The maximum atomic E-state index is 9.42. The van der Waals surface area contributed by atoms with E-state index in [4.69, 9.17) is 4.74 Å². The van der Waals surface area contributed by atoms with Crippen molar-refractivity contribution in [2.45, 2.75) is 13.5 Å². The number of methoxy groups -OCH3 is 1. The van der Waals surface area contributed by atoms with Crippen molar-refractivity contribution < 1.29 is 9.84 Å². The SMILES string of the molecule is Bc1c(CO)c(C)c2ccccc2c1OC. The van der Waals surface area contributed by atoms with E-state index in [1.54, 1.807) is 7.11 Å². The molecule has 2 rings (SSSR count). The van der Waals surface area contributed by atoms with E-state index in [0.717, 1.165) is 33.1 Å². The number of benzene rings is 2. The molecule has 0 atom stereocenters. The maximum absolute atomic E-state index is 9.42. The lowest BCUT2D eigenvalue weighted by Gasteiger charge is -2.16. The van der Waals surface area contributed by atoms with Gasteiger partial charge in [-0.3, -0.25) is 0 Å². The first kappa shape index (κ1) is 11.0. The zero-order chi connectivity index (χ0) is 11.7. The van der Waals surface area contributed by atoms with Gasteiger partial charge in [0.1, 0.15) is 13.6 Å². The molecule has 0 amide bonds. The minimum atomic E-state index is 0.0544. The van der Waals surface area contributed by atoms with E-state index in [0.29, 0.717) is 0 Å². The molecule has 0 aliphatic rings. The van der Waals surface area contributed by atoms with Gasteiger partial charge >= 0.3 is 0 Å². The molecular weight excluding hydrogens is 199 g/mol. The molecule has 82 valence electrons. The molecule has 0 heterocycles. The van der Waals surface area contributed by atoms with Crippen molar-refractivity contribution in [1.29, 1.82) is 0 Å². The van der Waals surface area contributed by atoms with E-state index in [-0.39, 0.29) is 6.61 Å². The third-order valence-electron chi connectivity index (χ3n) is 3.18. The van der Waals surface area contributed by atoms with Crippen LogP contribution in [-0.2, 0) is 6.61 Å². The van der Waals surface area contributed by atoms with Crippen LogP contribution >= 0.6 is 0 Å². The Kier molecular flexibility index (Phi) is 2.88. The largest absolute Gasteiger partial charge is 0.497 e. The third kappa shape index (κ3) is 1.48. The second-order valence-electron chi connectivity index (χ2n) is 3.97. The highest BCUT2D eigenvalue weighted by Crippen LogP contribution is 2.28. The molecule has 0 aliphatic heterocycles. The van der Waals surface area contributed by atoms with E-state index in [2.05, 4.69) is 12.1 Å². The lowest BCUT2D eigenvalue weighted by atomic mass is 9.84. The van der Waals surface area contributed by atoms with Gasteiger partial charge in [0.15, 0.2) is 0 Å².